The van der Waals surface area contributed by atoms with E-state index in [1.165, 1.54) is 0 Å². The molecule has 0 aromatic rings. The highest BCUT2D eigenvalue weighted by Crippen LogP contribution is 2.79. The predicted molar refractivity (Wildman–Crippen MR) is 91.2 cm³/mol. The van der Waals surface area contributed by atoms with Gasteiger partial charge in [-0.05, 0) is 26.7 Å². The zero-order valence-electron chi connectivity index (χ0n) is 16.3. The Morgan fingerprint density at radius 2 is 2.07 bits per heavy atom. The number of aliphatic hydroxyl groups is 1. The van der Waals surface area contributed by atoms with Gasteiger partial charge < -0.3 is 24.1 Å². The van der Waals surface area contributed by atoms with Gasteiger partial charge in [-0.15, -0.1) is 0 Å². The maximum atomic E-state index is 12.7. The molecule has 9 atom stereocenters. The lowest BCUT2D eigenvalue weighted by atomic mass is 9.50. The van der Waals surface area contributed by atoms with Crippen LogP contribution in [0.4, 0.5) is 0 Å². The fourth-order valence-corrected chi connectivity index (χ4v) is 6.15. The van der Waals surface area contributed by atoms with Crippen molar-refractivity contribution in [2.24, 2.45) is 17.3 Å². The number of epoxide rings is 2. The average Bonchev–Trinajstić information content (AvgIpc) is 3.48. The molecule has 2 aliphatic carbocycles. The number of carbonyl (C=O) groups excluding carboxylic acids is 2. The SMILES string of the molecule is CC=C(C)C(=O)OC1C2(C)C(C)C(O)CC3OC32CC23OC(=O)C(C)C12O3. The molecule has 7 heteroatoms. The molecule has 3 saturated heterocycles. The van der Waals surface area contributed by atoms with E-state index in [-0.39, 0.29) is 18.0 Å². The molecular weight excluding hydrogens is 352 g/mol. The Balaban J connectivity index is 1.65. The van der Waals surface area contributed by atoms with Crippen molar-refractivity contribution in [3.8, 4) is 0 Å². The first kappa shape index (κ1) is 17.6. The van der Waals surface area contributed by atoms with Crippen LogP contribution in [0.2, 0.25) is 0 Å². The maximum absolute atomic E-state index is 12.7. The van der Waals surface area contributed by atoms with Crippen LogP contribution in [0, 0.1) is 17.3 Å². The first-order chi connectivity index (χ1) is 12.6. The Morgan fingerprint density at radius 3 is 2.74 bits per heavy atom. The third-order valence-corrected chi connectivity index (χ3v) is 8.26. The normalized spacial score (nSPS) is 57.6. The highest BCUT2D eigenvalue weighted by Gasteiger charge is 2.97. The van der Waals surface area contributed by atoms with Crippen molar-refractivity contribution in [3.63, 3.8) is 0 Å². The van der Waals surface area contributed by atoms with Gasteiger partial charge in [0.15, 0.2) is 5.60 Å². The molecule has 9 unspecified atom stereocenters. The van der Waals surface area contributed by atoms with Crippen LogP contribution in [-0.4, -0.2) is 52.3 Å². The van der Waals surface area contributed by atoms with Crippen LogP contribution < -0.4 is 0 Å². The van der Waals surface area contributed by atoms with Gasteiger partial charge in [-0.3, -0.25) is 4.79 Å². The first-order valence-corrected chi connectivity index (χ1v) is 9.72. The number of allylic oxidation sites excluding steroid dienone is 1. The molecule has 1 spiro atoms. The Hall–Kier alpha value is -1.44. The van der Waals surface area contributed by atoms with Crippen molar-refractivity contribution in [1.82, 2.24) is 0 Å². The molecule has 1 N–H and O–H groups in total. The minimum absolute atomic E-state index is 0.149. The summed E-state index contributed by atoms with van der Waals surface area (Å²) in [5, 5.41) is 10.7. The number of aliphatic hydroxyl groups excluding tert-OH is 1. The van der Waals surface area contributed by atoms with Gasteiger partial charge in [0, 0.05) is 23.8 Å². The smallest absolute Gasteiger partial charge is 0.333 e. The van der Waals surface area contributed by atoms with Crippen molar-refractivity contribution in [3.05, 3.63) is 11.6 Å². The summed E-state index contributed by atoms with van der Waals surface area (Å²) in [5.41, 5.74) is -1.85. The van der Waals surface area contributed by atoms with E-state index in [0.29, 0.717) is 18.4 Å². The van der Waals surface area contributed by atoms with Crippen molar-refractivity contribution in [2.45, 2.75) is 82.8 Å². The summed E-state index contributed by atoms with van der Waals surface area (Å²) in [4.78, 5) is 25.1. The van der Waals surface area contributed by atoms with Crippen molar-refractivity contribution < 1.29 is 33.6 Å². The lowest BCUT2D eigenvalue weighted by Gasteiger charge is -2.53. The van der Waals surface area contributed by atoms with Gasteiger partial charge in [-0.2, -0.15) is 0 Å². The number of hydrogen-bond donors (Lipinski definition) is 1. The van der Waals surface area contributed by atoms with Gasteiger partial charge in [0.2, 0.25) is 0 Å². The monoisotopic (exact) mass is 378 g/mol. The molecule has 0 bridgehead atoms. The van der Waals surface area contributed by atoms with Crippen LogP contribution in [0.5, 0.6) is 0 Å². The number of rotatable bonds is 2. The zero-order chi connectivity index (χ0) is 19.6. The molecule has 0 amide bonds. The molecule has 0 radical (unpaired) electrons. The molecule has 0 aromatic carbocycles. The van der Waals surface area contributed by atoms with E-state index in [4.69, 9.17) is 18.9 Å². The highest BCUT2D eigenvalue weighted by molar-refractivity contribution is 5.88. The fraction of sp³-hybridized carbons (Fsp3) is 0.800. The topological polar surface area (TPSA) is 97.9 Å². The summed E-state index contributed by atoms with van der Waals surface area (Å²) in [7, 11) is 0. The molecular formula is C20H26O7. The Kier molecular flexibility index (Phi) is 3.11. The van der Waals surface area contributed by atoms with Crippen molar-refractivity contribution >= 4 is 11.9 Å². The summed E-state index contributed by atoms with van der Waals surface area (Å²) in [6.45, 7) is 9.18. The molecule has 148 valence electrons. The standard InChI is InChI=1S/C20H26O7/c1-6-9(2)14(22)24-16-17(5)10(3)12(21)7-13-18(17,25-13)8-19-20(16,27-19)11(4)15(23)26-19/h6,10-13,16,21H,7-8H2,1-5H3. The van der Waals surface area contributed by atoms with Crippen LogP contribution in [-0.2, 0) is 28.5 Å². The quantitative estimate of drug-likeness (QED) is 0.441. The third kappa shape index (κ3) is 1.67. The number of carbonyl (C=O) groups is 2. The Bertz CT molecular complexity index is 791. The number of hydrogen-bond acceptors (Lipinski definition) is 7. The molecule has 3 heterocycles. The van der Waals surface area contributed by atoms with Crippen LogP contribution in [0.25, 0.3) is 0 Å². The second kappa shape index (κ2) is 4.75. The minimum Gasteiger partial charge on any atom is -0.455 e. The minimum atomic E-state index is -1.09. The fourth-order valence-electron chi connectivity index (χ4n) is 6.15. The third-order valence-electron chi connectivity index (χ3n) is 8.26. The molecule has 7 nitrogen and oxygen atoms in total. The van der Waals surface area contributed by atoms with Crippen LogP contribution in [0.15, 0.2) is 11.6 Å². The highest BCUT2D eigenvalue weighted by atomic mass is 16.8. The van der Waals surface area contributed by atoms with Gasteiger partial charge in [-0.25, -0.2) is 4.79 Å². The van der Waals surface area contributed by atoms with Gasteiger partial charge in [0.05, 0.1) is 18.1 Å². The molecule has 5 fully saturated rings. The van der Waals surface area contributed by atoms with E-state index >= 15 is 0 Å². The molecule has 5 rings (SSSR count). The molecule has 5 aliphatic rings. The molecule has 3 aliphatic heterocycles. The van der Waals surface area contributed by atoms with E-state index in [2.05, 4.69) is 0 Å². The van der Waals surface area contributed by atoms with E-state index < -0.39 is 46.5 Å². The number of esters is 2. The number of ether oxygens (including phenoxy) is 4. The van der Waals surface area contributed by atoms with Gasteiger partial charge in [0.25, 0.3) is 5.79 Å². The van der Waals surface area contributed by atoms with Crippen molar-refractivity contribution in [2.75, 3.05) is 0 Å². The zero-order valence-corrected chi connectivity index (χ0v) is 16.3. The summed E-state index contributed by atoms with van der Waals surface area (Å²) in [5.74, 6) is -2.63. The molecule has 27 heavy (non-hydrogen) atoms. The van der Waals surface area contributed by atoms with Gasteiger partial charge in [-0.1, -0.05) is 19.9 Å². The molecule has 2 saturated carbocycles. The summed E-state index contributed by atoms with van der Waals surface area (Å²) >= 11 is 0. The largest absolute Gasteiger partial charge is 0.455 e. The lowest BCUT2D eigenvalue weighted by molar-refractivity contribution is -0.188. The van der Waals surface area contributed by atoms with Crippen LogP contribution in [0.1, 0.15) is 47.5 Å². The maximum Gasteiger partial charge on any atom is 0.333 e. The summed E-state index contributed by atoms with van der Waals surface area (Å²) in [6.07, 6.45) is 1.16. The van der Waals surface area contributed by atoms with E-state index in [1.807, 2.05) is 13.8 Å². The van der Waals surface area contributed by atoms with Crippen LogP contribution in [0.3, 0.4) is 0 Å². The second-order valence-electron chi connectivity index (χ2n) is 9.10. The first-order valence-electron chi connectivity index (χ1n) is 9.72. The molecule has 0 aromatic heterocycles. The van der Waals surface area contributed by atoms with Crippen molar-refractivity contribution in [1.29, 1.82) is 0 Å². The Morgan fingerprint density at radius 1 is 1.37 bits per heavy atom. The lowest BCUT2D eigenvalue weighted by Crippen LogP contribution is -2.68. The second-order valence-corrected chi connectivity index (χ2v) is 9.10. The summed E-state index contributed by atoms with van der Waals surface area (Å²) < 4.78 is 24.0. The van der Waals surface area contributed by atoms with E-state index in [0.717, 1.165) is 0 Å². The predicted octanol–water partition coefficient (Wildman–Crippen LogP) is 1.47. The van der Waals surface area contributed by atoms with E-state index in [9.17, 15) is 14.7 Å². The average molecular weight is 378 g/mol. The van der Waals surface area contributed by atoms with E-state index in [1.54, 1.807) is 26.8 Å². The van der Waals surface area contributed by atoms with Gasteiger partial charge >= 0.3 is 11.9 Å². The summed E-state index contributed by atoms with van der Waals surface area (Å²) in [6, 6.07) is 0. The Labute approximate surface area is 158 Å². The van der Waals surface area contributed by atoms with Gasteiger partial charge in [0.1, 0.15) is 11.7 Å². The van der Waals surface area contributed by atoms with Crippen LogP contribution >= 0.6 is 0 Å².